The highest BCUT2D eigenvalue weighted by atomic mass is 16.5. The second-order valence-corrected chi connectivity index (χ2v) is 9.60. The molecule has 0 saturated carbocycles. The van der Waals surface area contributed by atoms with E-state index in [0.29, 0.717) is 40.0 Å². The van der Waals surface area contributed by atoms with E-state index in [1.54, 1.807) is 55.5 Å². The largest absolute Gasteiger partial charge is 0.497 e. The summed E-state index contributed by atoms with van der Waals surface area (Å²) >= 11 is 0. The first-order chi connectivity index (χ1) is 20.9. The zero-order valence-corrected chi connectivity index (χ0v) is 25.0. The van der Waals surface area contributed by atoms with Gasteiger partial charge in [-0.1, -0.05) is 48.5 Å². The summed E-state index contributed by atoms with van der Waals surface area (Å²) in [5.74, 6) is 1.93. The van der Waals surface area contributed by atoms with Crippen LogP contribution in [-0.4, -0.2) is 52.3 Å². The monoisotopic (exact) mass is 584 g/mol. The number of nitrogens with zero attached hydrogens (tertiary/aromatic N) is 1. The molecular weight excluding hydrogens is 548 g/mol. The minimum absolute atomic E-state index is 0.0971. The number of carbonyl (C=O) groups is 2. The summed E-state index contributed by atoms with van der Waals surface area (Å²) in [5, 5.41) is 2.98. The van der Waals surface area contributed by atoms with Crippen LogP contribution < -0.4 is 29.0 Å². The Morgan fingerprint density at radius 3 is 1.93 bits per heavy atom. The number of ether oxygens (including phenoxy) is 5. The summed E-state index contributed by atoms with van der Waals surface area (Å²) in [4.78, 5) is 30.0. The molecule has 1 N–H and O–H groups in total. The Hall–Kier alpha value is -5.18. The fourth-order valence-electron chi connectivity index (χ4n) is 4.72. The van der Waals surface area contributed by atoms with E-state index in [1.165, 1.54) is 21.3 Å². The first-order valence-electron chi connectivity index (χ1n) is 13.6. The van der Waals surface area contributed by atoms with Crippen molar-refractivity contribution in [3.8, 4) is 28.7 Å². The molecular formula is C34H36N2O7. The van der Waals surface area contributed by atoms with Gasteiger partial charge in [-0.05, 0) is 53.1 Å². The number of hydrogen-bond donors (Lipinski definition) is 1. The van der Waals surface area contributed by atoms with Gasteiger partial charge in [0.05, 0.1) is 47.7 Å². The van der Waals surface area contributed by atoms with E-state index in [2.05, 4.69) is 5.32 Å². The molecule has 2 amide bonds. The van der Waals surface area contributed by atoms with Crippen LogP contribution >= 0.6 is 0 Å². The lowest BCUT2D eigenvalue weighted by Crippen LogP contribution is -2.41. The lowest BCUT2D eigenvalue weighted by molar-refractivity contribution is -0.139. The highest BCUT2D eigenvalue weighted by Gasteiger charge is 2.33. The van der Waals surface area contributed by atoms with Crippen molar-refractivity contribution in [1.82, 2.24) is 4.90 Å². The third-order valence-corrected chi connectivity index (χ3v) is 6.98. The van der Waals surface area contributed by atoms with E-state index in [4.69, 9.17) is 23.7 Å². The minimum Gasteiger partial charge on any atom is -0.497 e. The maximum Gasteiger partial charge on any atom is 0.251 e. The molecule has 1 atom stereocenters. The molecule has 0 heterocycles. The van der Waals surface area contributed by atoms with Crippen molar-refractivity contribution in [3.05, 3.63) is 108 Å². The average Bonchev–Trinajstić information content (AvgIpc) is 3.05. The van der Waals surface area contributed by atoms with Gasteiger partial charge in [-0.2, -0.15) is 0 Å². The predicted molar refractivity (Wildman–Crippen MR) is 164 cm³/mol. The Morgan fingerprint density at radius 2 is 1.30 bits per heavy atom. The van der Waals surface area contributed by atoms with Crippen molar-refractivity contribution in [1.29, 1.82) is 0 Å². The number of amides is 2. The summed E-state index contributed by atoms with van der Waals surface area (Å²) < 4.78 is 27.1. The van der Waals surface area contributed by atoms with Crippen LogP contribution in [0.4, 0.5) is 5.69 Å². The molecule has 0 aliphatic heterocycles. The van der Waals surface area contributed by atoms with Crippen LogP contribution in [0, 0.1) is 0 Å². The van der Waals surface area contributed by atoms with Crippen LogP contribution in [0.15, 0.2) is 91.0 Å². The Bertz CT molecular complexity index is 1520. The average molecular weight is 585 g/mol. The van der Waals surface area contributed by atoms with Crippen molar-refractivity contribution in [2.75, 3.05) is 40.9 Å². The summed E-state index contributed by atoms with van der Waals surface area (Å²) in [5.41, 5.74) is 2.62. The Kier molecular flexibility index (Phi) is 10.5. The first kappa shape index (κ1) is 30.8. The van der Waals surface area contributed by atoms with Crippen LogP contribution in [0.25, 0.3) is 0 Å². The molecule has 4 aromatic carbocycles. The molecule has 4 aromatic rings. The zero-order valence-electron chi connectivity index (χ0n) is 25.0. The number of benzene rings is 4. The van der Waals surface area contributed by atoms with E-state index >= 15 is 0 Å². The van der Waals surface area contributed by atoms with E-state index in [1.807, 2.05) is 54.6 Å². The fourth-order valence-corrected chi connectivity index (χ4v) is 4.72. The van der Waals surface area contributed by atoms with Gasteiger partial charge in [0.15, 0.2) is 11.5 Å². The Balaban J connectivity index is 1.82. The quantitative estimate of drug-likeness (QED) is 0.216. The molecule has 43 heavy (non-hydrogen) atoms. The third-order valence-electron chi connectivity index (χ3n) is 6.98. The van der Waals surface area contributed by atoms with Gasteiger partial charge in [-0.3, -0.25) is 9.59 Å². The van der Waals surface area contributed by atoms with Crippen LogP contribution in [0.1, 0.15) is 22.7 Å². The van der Waals surface area contributed by atoms with Gasteiger partial charge in [-0.25, -0.2) is 0 Å². The van der Waals surface area contributed by atoms with Crippen LogP contribution in [0.5, 0.6) is 28.7 Å². The first-order valence-corrected chi connectivity index (χ1v) is 13.6. The number of hydrogen-bond acceptors (Lipinski definition) is 7. The van der Waals surface area contributed by atoms with E-state index in [9.17, 15) is 9.59 Å². The van der Waals surface area contributed by atoms with Gasteiger partial charge in [0.1, 0.15) is 23.3 Å². The third kappa shape index (κ3) is 7.56. The number of rotatable bonds is 13. The van der Waals surface area contributed by atoms with Gasteiger partial charge < -0.3 is 33.9 Å². The van der Waals surface area contributed by atoms with Gasteiger partial charge in [0.2, 0.25) is 5.91 Å². The van der Waals surface area contributed by atoms with Gasteiger partial charge in [-0.15, -0.1) is 0 Å². The maximum absolute atomic E-state index is 14.3. The van der Waals surface area contributed by atoms with Crippen LogP contribution in [-0.2, 0) is 22.6 Å². The van der Waals surface area contributed by atoms with Crippen molar-refractivity contribution < 1.29 is 33.3 Å². The SMILES string of the molecule is COc1ccc(CN(C(=O)Cc2ccccc2)C(C(=O)Nc2ccc(OC)cc2OC)c2ccc(OC)c(OC)c2)cc1. The minimum atomic E-state index is -1.05. The molecule has 0 saturated heterocycles. The summed E-state index contributed by atoms with van der Waals surface area (Å²) in [6.07, 6.45) is 0.0971. The van der Waals surface area contributed by atoms with E-state index < -0.39 is 11.9 Å². The zero-order chi connectivity index (χ0) is 30.8. The van der Waals surface area contributed by atoms with Gasteiger partial charge >= 0.3 is 0 Å². The van der Waals surface area contributed by atoms with Gasteiger partial charge in [0, 0.05) is 12.6 Å². The molecule has 0 aromatic heterocycles. The number of nitrogens with one attached hydrogen (secondary N) is 1. The van der Waals surface area contributed by atoms with Gasteiger partial charge in [0.25, 0.3) is 5.91 Å². The Morgan fingerprint density at radius 1 is 0.651 bits per heavy atom. The standard InChI is InChI=1S/C34H36N2O7/c1-39-26-14-11-24(12-15-26)22-36(32(37)19-23-9-7-6-8-10-23)33(25-13-18-29(41-3)31(20-25)43-5)34(38)35-28-17-16-27(40-2)21-30(28)42-4/h6-18,20-21,33H,19,22H2,1-5H3,(H,35,38). The fraction of sp³-hybridized carbons (Fsp3) is 0.235. The molecule has 4 rings (SSSR count). The molecule has 0 spiro atoms. The lowest BCUT2D eigenvalue weighted by Gasteiger charge is -2.32. The van der Waals surface area contributed by atoms with Crippen LogP contribution in [0.2, 0.25) is 0 Å². The molecule has 0 aliphatic rings. The number of carbonyl (C=O) groups excluding carboxylic acids is 2. The smallest absolute Gasteiger partial charge is 0.251 e. The summed E-state index contributed by atoms with van der Waals surface area (Å²) in [6.45, 7) is 0.155. The maximum atomic E-state index is 14.3. The predicted octanol–water partition coefficient (Wildman–Crippen LogP) is 5.68. The summed E-state index contributed by atoms with van der Waals surface area (Å²) in [7, 11) is 7.71. The molecule has 0 fully saturated rings. The lowest BCUT2D eigenvalue weighted by atomic mass is 10.0. The van der Waals surface area contributed by atoms with Crippen LogP contribution in [0.3, 0.4) is 0 Å². The van der Waals surface area contributed by atoms with E-state index in [0.717, 1.165) is 11.1 Å². The molecule has 224 valence electrons. The highest BCUT2D eigenvalue weighted by Crippen LogP contribution is 2.35. The second kappa shape index (κ2) is 14.6. The van der Waals surface area contributed by atoms with Crippen molar-refractivity contribution in [3.63, 3.8) is 0 Å². The van der Waals surface area contributed by atoms with Crippen molar-refractivity contribution in [2.45, 2.75) is 19.0 Å². The molecule has 0 aliphatic carbocycles. The number of anilines is 1. The molecule has 9 nitrogen and oxygen atoms in total. The van der Waals surface area contributed by atoms with Crippen molar-refractivity contribution >= 4 is 17.5 Å². The van der Waals surface area contributed by atoms with Crippen molar-refractivity contribution in [2.24, 2.45) is 0 Å². The molecule has 9 heteroatoms. The highest BCUT2D eigenvalue weighted by molar-refractivity contribution is 5.99. The van der Waals surface area contributed by atoms with E-state index in [-0.39, 0.29) is 18.9 Å². The summed E-state index contributed by atoms with van der Waals surface area (Å²) in [6, 6.07) is 26.0. The number of methoxy groups -OCH3 is 5. The molecule has 1 unspecified atom stereocenters. The molecule has 0 radical (unpaired) electrons. The second-order valence-electron chi connectivity index (χ2n) is 9.60. The topological polar surface area (TPSA) is 95.6 Å². The Labute approximate surface area is 251 Å². The normalized spacial score (nSPS) is 11.2. The molecule has 0 bridgehead atoms.